The van der Waals surface area contributed by atoms with Crippen LogP contribution in [0.2, 0.25) is 0 Å². The number of ether oxygens (including phenoxy) is 1. The largest absolute Gasteiger partial charge is 0.504 e. The van der Waals surface area contributed by atoms with Gasteiger partial charge in [0.05, 0.1) is 12.5 Å². The number of fused-ring (bicyclic) bond motifs is 1. The molecule has 0 radical (unpaired) electrons. The van der Waals surface area contributed by atoms with Crippen LogP contribution >= 0.6 is 12.4 Å². The lowest BCUT2D eigenvalue weighted by molar-refractivity contribution is 0.148. The summed E-state index contributed by atoms with van der Waals surface area (Å²) < 4.78 is 11.0. The molecule has 4 rings (SSSR count). The molecule has 0 amide bonds. The number of methoxy groups -OCH3 is 1. The van der Waals surface area contributed by atoms with E-state index in [-0.39, 0.29) is 40.6 Å². The number of nitrogens with zero attached hydrogens (tertiary/aromatic N) is 2. The highest BCUT2D eigenvalue weighted by Crippen LogP contribution is 2.38. The first-order valence-electron chi connectivity index (χ1n) is 9.54. The maximum Gasteiger partial charge on any atom is 0.235 e. The Bertz CT molecular complexity index is 1090. The lowest BCUT2D eigenvalue weighted by Gasteiger charge is -2.32. The first-order chi connectivity index (χ1) is 14.0. The number of hydrogen-bond acceptors (Lipinski definition) is 7. The van der Waals surface area contributed by atoms with Crippen molar-refractivity contribution in [2.75, 3.05) is 40.3 Å². The molecule has 160 valence electrons. The minimum Gasteiger partial charge on any atom is -0.504 e. The monoisotopic (exact) mass is 432 g/mol. The van der Waals surface area contributed by atoms with Crippen LogP contribution in [0.15, 0.2) is 45.6 Å². The first kappa shape index (κ1) is 22.0. The Balaban J connectivity index is 0.00000256. The van der Waals surface area contributed by atoms with E-state index in [1.807, 2.05) is 24.3 Å². The fourth-order valence-corrected chi connectivity index (χ4v) is 3.63. The van der Waals surface area contributed by atoms with E-state index in [0.29, 0.717) is 5.56 Å². The van der Waals surface area contributed by atoms with E-state index >= 15 is 0 Å². The lowest BCUT2D eigenvalue weighted by Crippen LogP contribution is -2.43. The number of hydrogen-bond donors (Lipinski definition) is 2. The van der Waals surface area contributed by atoms with Crippen molar-refractivity contribution in [2.24, 2.45) is 0 Å². The van der Waals surface area contributed by atoms with Gasteiger partial charge in [-0.25, -0.2) is 0 Å². The van der Waals surface area contributed by atoms with Gasteiger partial charge in [0.1, 0.15) is 0 Å². The zero-order valence-corrected chi connectivity index (χ0v) is 17.7. The summed E-state index contributed by atoms with van der Waals surface area (Å²) in [5, 5.41) is 20.5. The topological polar surface area (TPSA) is 86.4 Å². The minimum absolute atomic E-state index is 0. The van der Waals surface area contributed by atoms with Crippen molar-refractivity contribution >= 4 is 23.4 Å². The second kappa shape index (κ2) is 8.95. The highest BCUT2D eigenvalue weighted by molar-refractivity contribution is 5.88. The molecule has 1 saturated heterocycles. The fourth-order valence-electron chi connectivity index (χ4n) is 3.63. The van der Waals surface area contributed by atoms with Gasteiger partial charge in [-0.15, -0.1) is 12.4 Å². The number of phenolic OH excluding ortho intramolecular Hbond substituents is 1. The van der Waals surface area contributed by atoms with Gasteiger partial charge in [0.25, 0.3) is 0 Å². The third kappa shape index (κ3) is 4.09. The molecule has 30 heavy (non-hydrogen) atoms. The van der Waals surface area contributed by atoms with Gasteiger partial charge < -0.3 is 24.3 Å². The van der Waals surface area contributed by atoms with Gasteiger partial charge in [-0.1, -0.05) is 24.3 Å². The van der Waals surface area contributed by atoms with Crippen molar-refractivity contribution in [1.29, 1.82) is 0 Å². The summed E-state index contributed by atoms with van der Waals surface area (Å²) >= 11 is 0. The second-order valence-corrected chi connectivity index (χ2v) is 7.38. The number of piperazine rings is 1. The SMILES string of the molecule is COc1c(O)ccc2c(=O)c(O)c(-c3ccc(CN4CCN(C)CC4)cc3)oc12.Cl. The second-order valence-electron chi connectivity index (χ2n) is 7.38. The van der Waals surface area contributed by atoms with Gasteiger partial charge >= 0.3 is 0 Å². The lowest BCUT2D eigenvalue weighted by atomic mass is 10.1. The molecule has 2 heterocycles. The molecule has 1 aromatic heterocycles. The predicted octanol–water partition coefficient (Wildman–Crippen LogP) is 3.05. The highest BCUT2D eigenvalue weighted by atomic mass is 35.5. The van der Waals surface area contributed by atoms with E-state index in [2.05, 4.69) is 16.8 Å². The summed E-state index contributed by atoms with van der Waals surface area (Å²) in [5.41, 5.74) is 1.26. The highest BCUT2D eigenvalue weighted by Gasteiger charge is 2.20. The van der Waals surface area contributed by atoms with Crippen LogP contribution < -0.4 is 10.2 Å². The zero-order valence-electron chi connectivity index (χ0n) is 16.9. The first-order valence-corrected chi connectivity index (χ1v) is 9.54. The van der Waals surface area contributed by atoms with Gasteiger partial charge in [-0.2, -0.15) is 0 Å². The molecular weight excluding hydrogens is 408 g/mol. The number of benzene rings is 2. The fraction of sp³-hybridized carbons (Fsp3) is 0.318. The standard InChI is InChI=1S/C22H24N2O5.ClH/c1-23-9-11-24(12-10-23)13-14-3-5-15(6-4-14)20-19(27)18(26)16-7-8-17(25)22(28-2)21(16)29-20;/h3-8,25,27H,9-13H2,1-2H3;1H. The Hall–Kier alpha value is -2.74. The van der Waals surface area contributed by atoms with Crippen LogP contribution in [0, 0.1) is 0 Å². The van der Waals surface area contributed by atoms with E-state index in [9.17, 15) is 15.0 Å². The maximum absolute atomic E-state index is 12.6. The van der Waals surface area contributed by atoms with E-state index < -0.39 is 11.2 Å². The number of aromatic hydroxyl groups is 2. The number of halogens is 1. The summed E-state index contributed by atoms with van der Waals surface area (Å²) in [5.74, 6) is -0.482. The Labute approximate surface area is 180 Å². The number of rotatable bonds is 4. The predicted molar refractivity (Wildman–Crippen MR) is 118 cm³/mol. The molecule has 0 atom stereocenters. The maximum atomic E-state index is 12.6. The third-order valence-corrected chi connectivity index (χ3v) is 5.39. The van der Waals surface area contributed by atoms with Crippen LogP contribution in [0.4, 0.5) is 0 Å². The molecule has 3 aromatic rings. The Morgan fingerprint density at radius 1 is 1.03 bits per heavy atom. The molecule has 0 aliphatic carbocycles. The number of phenols is 1. The van der Waals surface area contributed by atoms with Crippen molar-refractivity contribution in [3.8, 4) is 28.6 Å². The summed E-state index contributed by atoms with van der Waals surface area (Å²) in [6, 6.07) is 10.3. The average Bonchev–Trinajstić information content (AvgIpc) is 2.73. The average molecular weight is 433 g/mol. The van der Waals surface area contributed by atoms with Crippen molar-refractivity contribution in [2.45, 2.75) is 6.54 Å². The van der Waals surface area contributed by atoms with Crippen LogP contribution in [-0.4, -0.2) is 60.3 Å². The van der Waals surface area contributed by atoms with Crippen molar-refractivity contribution in [3.05, 3.63) is 52.2 Å². The molecule has 0 saturated carbocycles. The van der Waals surface area contributed by atoms with Gasteiger partial charge in [0.2, 0.25) is 16.9 Å². The molecule has 2 N–H and O–H groups in total. The summed E-state index contributed by atoms with van der Waals surface area (Å²) in [7, 11) is 3.51. The van der Waals surface area contributed by atoms with Crippen molar-refractivity contribution < 1.29 is 19.4 Å². The molecular formula is C22H25ClN2O5. The van der Waals surface area contributed by atoms with Crippen LogP contribution in [0.1, 0.15) is 5.56 Å². The molecule has 8 heteroatoms. The molecule has 1 fully saturated rings. The Morgan fingerprint density at radius 2 is 1.70 bits per heavy atom. The normalized spacial score (nSPS) is 15.1. The van der Waals surface area contributed by atoms with Crippen LogP contribution in [0.5, 0.6) is 17.2 Å². The smallest absolute Gasteiger partial charge is 0.235 e. The van der Waals surface area contributed by atoms with E-state index in [1.165, 1.54) is 19.2 Å². The van der Waals surface area contributed by atoms with Gasteiger partial charge in [0, 0.05) is 38.3 Å². The van der Waals surface area contributed by atoms with Crippen molar-refractivity contribution in [1.82, 2.24) is 9.80 Å². The molecule has 0 bridgehead atoms. The van der Waals surface area contributed by atoms with Crippen LogP contribution in [0.25, 0.3) is 22.3 Å². The van der Waals surface area contributed by atoms with Gasteiger partial charge in [0.15, 0.2) is 17.1 Å². The van der Waals surface area contributed by atoms with E-state index in [1.54, 1.807) is 0 Å². The molecule has 1 aliphatic heterocycles. The summed E-state index contributed by atoms with van der Waals surface area (Å²) in [4.78, 5) is 17.3. The zero-order chi connectivity index (χ0) is 20.5. The van der Waals surface area contributed by atoms with Crippen LogP contribution in [0.3, 0.4) is 0 Å². The Morgan fingerprint density at radius 3 is 2.33 bits per heavy atom. The molecule has 1 aliphatic rings. The van der Waals surface area contributed by atoms with Crippen LogP contribution in [-0.2, 0) is 6.54 Å². The molecule has 0 spiro atoms. The Kier molecular flexibility index (Phi) is 6.55. The summed E-state index contributed by atoms with van der Waals surface area (Å²) in [6.45, 7) is 5.03. The van der Waals surface area contributed by atoms with E-state index in [4.69, 9.17) is 9.15 Å². The quantitative estimate of drug-likeness (QED) is 0.655. The number of likely N-dealkylation sites (N-methyl/N-ethyl adjacent to an activating group) is 1. The minimum atomic E-state index is -0.568. The molecule has 2 aromatic carbocycles. The molecule has 0 unspecified atom stereocenters. The molecule has 7 nitrogen and oxygen atoms in total. The summed E-state index contributed by atoms with van der Waals surface area (Å²) in [6.07, 6.45) is 0. The third-order valence-electron chi connectivity index (χ3n) is 5.39. The van der Waals surface area contributed by atoms with Gasteiger partial charge in [-0.05, 0) is 24.7 Å². The van der Waals surface area contributed by atoms with Gasteiger partial charge in [-0.3, -0.25) is 9.69 Å². The van der Waals surface area contributed by atoms with E-state index in [0.717, 1.165) is 38.3 Å². The van der Waals surface area contributed by atoms with Crippen molar-refractivity contribution in [3.63, 3.8) is 0 Å².